The molecule has 1 aliphatic carbocycles. The first-order valence-corrected chi connectivity index (χ1v) is 10.6. The smallest absolute Gasteiger partial charge is 0.324 e. The van der Waals surface area contributed by atoms with Gasteiger partial charge in [-0.05, 0) is 48.8 Å². The summed E-state index contributed by atoms with van der Waals surface area (Å²) in [5.41, 5.74) is 3.56. The molecule has 6 heteroatoms. The number of amides is 4. The van der Waals surface area contributed by atoms with Crippen molar-refractivity contribution in [1.82, 2.24) is 15.5 Å². The maximum atomic E-state index is 12.6. The molecule has 4 amide bonds. The summed E-state index contributed by atoms with van der Waals surface area (Å²) in [6, 6.07) is 17.0. The average Bonchev–Trinajstić information content (AvgIpc) is 3.04. The highest BCUT2D eigenvalue weighted by Crippen LogP contribution is 2.29. The number of imide groups is 1. The Kier molecular flexibility index (Phi) is 6.12. The fourth-order valence-corrected chi connectivity index (χ4v) is 4.32. The van der Waals surface area contributed by atoms with Gasteiger partial charge in [-0.25, -0.2) is 4.79 Å². The zero-order chi connectivity index (χ0) is 20.9. The summed E-state index contributed by atoms with van der Waals surface area (Å²) in [5, 5.41) is 5.83. The molecule has 1 fully saturated rings. The van der Waals surface area contributed by atoms with Gasteiger partial charge in [-0.3, -0.25) is 14.5 Å². The van der Waals surface area contributed by atoms with E-state index in [1.54, 1.807) is 0 Å². The van der Waals surface area contributed by atoms with E-state index in [0.29, 0.717) is 19.4 Å². The molecule has 2 aromatic carbocycles. The summed E-state index contributed by atoms with van der Waals surface area (Å²) in [6.07, 6.45) is 4.16. The fourth-order valence-electron chi connectivity index (χ4n) is 4.32. The topological polar surface area (TPSA) is 78.5 Å². The van der Waals surface area contributed by atoms with Gasteiger partial charge in [0.25, 0.3) is 5.91 Å². The lowest BCUT2D eigenvalue weighted by atomic mass is 9.87. The minimum absolute atomic E-state index is 0.0266. The minimum atomic E-state index is -0.627. The molecule has 2 aliphatic rings. The van der Waals surface area contributed by atoms with Crippen molar-refractivity contribution in [3.8, 4) is 0 Å². The molecule has 2 atom stereocenters. The van der Waals surface area contributed by atoms with Crippen LogP contribution in [0.3, 0.4) is 0 Å². The van der Waals surface area contributed by atoms with E-state index < -0.39 is 6.04 Å². The van der Waals surface area contributed by atoms with Crippen molar-refractivity contribution in [1.29, 1.82) is 0 Å². The van der Waals surface area contributed by atoms with Gasteiger partial charge in [0.15, 0.2) is 0 Å². The Morgan fingerprint density at radius 3 is 2.67 bits per heavy atom. The molecule has 0 radical (unpaired) electrons. The molecular formula is C24H27N3O3. The Bertz CT molecular complexity index is 928. The van der Waals surface area contributed by atoms with Crippen LogP contribution in [0, 0.1) is 0 Å². The number of hydrogen-bond donors (Lipinski definition) is 2. The second kappa shape index (κ2) is 9.11. The van der Waals surface area contributed by atoms with Crippen molar-refractivity contribution in [3.05, 3.63) is 71.3 Å². The molecule has 0 bridgehead atoms. The molecule has 0 saturated carbocycles. The van der Waals surface area contributed by atoms with Gasteiger partial charge in [0.05, 0.1) is 6.04 Å². The first-order chi connectivity index (χ1) is 14.6. The van der Waals surface area contributed by atoms with Crippen molar-refractivity contribution < 1.29 is 14.4 Å². The first kappa shape index (κ1) is 20.1. The summed E-state index contributed by atoms with van der Waals surface area (Å²) in [7, 11) is 0. The molecule has 0 unspecified atom stereocenters. The second-order valence-corrected chi connectivity index (χ2v) is 7.98. The van der Waals surface area contributed by atoms with Crippen LogP contribution in [0.25, 0.3) is 0 Å². The lowest BCUT2D eigenvalue weighted by Gasteiger charge is -2.26. The summed E-state index contributed by atoms with van der Waals surface area (Å²) in [4.78, 5) is 38.6. The average molecular weight is 405 g/mol. The van der Waals surface area contributed by atoms with Crippen LogP contribution in [0.15, 0.2) is 54.6 Å². The van der Waals surface area contributed by atoms with Crippen LogP contribution in [0.1, 0.15) is 48.4 Å². The summed E-state index contributed by atoms with van der Waals surface area (Å²) in [6.45, 7) is 0.343. The highest BCUT2D eigenvalue weighted by molar-refractivity contribution is 6.04. The van der Waals surface area contributed by atoms with Crippen molar-refractivity contribution in [2.75, 3.05) is 6.54 Å². The molecule has 4 rings (SSSR count). The van der Waals surface area contributed by atoms with Crippen molar-refractivity contribution in [2.45, 2.75) is 50.6 Å². The Labute approximate surface area is 176 Å². The molecular weight excluding hydrogens is 378 g/mol. The van der Waals surface area contributed by atoms with E-state index in [2.05, 4.69) is 22.8 Å². The zero-order valence-electron chi connectivity index (χ0n) is 17.0. The molecule has 1 heterocycles. The summed E-state index contributed by atoms with van der Waals surface area (Å²) < 4.78 is 0. The third-order valence-electron chi connectivity index (χ3n) is 5.94. The predicted molar refractivity (Wildman–Crippen MR) is 114 cm³/mol. The van der Waals surface area contributed by atoms with Gasteiger partial charge in [-0.2, -0.15) is 0 Å². The fraction of sp³-hybridized carbons (Fsp3) is 0.375. The quantitative estimate of drug-likeness (QED) is 0.695. The number of urea groups is 1. The van der Waals surface area contributed by atoms with Crippen LogP contribution in [0.5, 0.6) is 0 Å². The van der Waals surface area contributed by atoms with Gasteiger partial charge in [0, 0.05) is 13.0 Å². The third-order valence-corrected chi connectivity index (χ3v) is 5.94. The number of fused-ring (bicyclic) bond motifs is 1. The maximum Gasteiger partial charge on any atom is 0.324 e. The van der Waals surface area contributed by atoms with Gasteiger partial charge >= 0.3 is 6.03 Å². The lowest BCUT2D eigenvalue weighted by Crippen LogP contribution is -2.35. The number of rotatable bonds is 7. The van der Waals surface area contributed by atoms with Gasteiger partial charge in [0.1, 0.15) is 6.04 Å². The highest BCUT2D eigenvalue weighted by atomic mass is 16.2. The van der Waals surface area contributed by atoms with Gasteiger partial charge in [-0.1, -0.05) is 54.6 Å². The molecule has 6 nitrogen and oxygen atoms in total. The Morgan fingerprint density at radius 2 is 1.83 bits per heavy atom. The third kappa shape index (κ3) is 4.53. The molecule has 156 valence electrons. The molecule has 2 aromatic rings. The van der Waals surface area contributed by atoms with E-state index >= 15 is 0 Å². The first-order valence-electron chi connectivity index (χ1n) is 10.6. The standard InChI is InChI=1S/C24H27N3O3/c28-22(25-20-12-6-10-18-9-4-5-11-19(18)20)14-13-21-23(29)27(24(30)26-21)16-15-17-7-2-1-3-8-17/h1-5,7-9,11,20-21H,6,10,12-16H2,(H,25,28)(H,26,30)/t20-,21-/m0/s1. The van der Waals surface area contributed by atoms with Crippen LogP contribution in [0.4, 0.5) is 4.79 Å². The molecule has 1 aliphatic heterocycles. The Hall–Kier alpha value is -3.15. The molecule has 0 aromatic heterocycles. The SMILES string of the molecule is O=C(CC[C@@H]1NC(=O)N(CCc2ccccc2)C1=O)N[C@H]1CCCc2ccccc21. The molecule has 1 saturated heterocycles. The monoisotopic (exact) mass is 405 g/mol. The number of aryl methyl sites for hydroxylation is 1. The highest BCUT2D eigenvalue weighted by Gasteiger charge is 2.37. The number of hydrogen-bond acceptors (Lipinski definition) is 3. The largest absolute Gasteiger partial charge is 0.349 e. The van der Waals surface area contributed by atoms with Gasteiger partial charge in [-0.15, -0.1) is 0 Å². The van der Waals surface area contributed by atoms with Crippen LogP contribution < -0.4 is 10.6 Å². The zero-order valence-corrected chi connectivity index (χ0v) is 17.0. The van der Waals surface area contributed by atoms with E-state index in [-0.39, 0.29) is 30.3 Å². The molecule has 2 N–H and O–H groups in total. The van der Waals surface area contributed by atoms with E-state index in [0.717, 1.165) is 24.8 Å². The van der Waals surface area contributed by atoms with Crippen molar-refractivity contribution in [3.63, 3.8) is 0 Å². The van der Waals surface area contributed by atoms with E-state index in [4.69, 9.17) is 0 Å². The number of benzene rings is 2. The lowest BCUT2D eigenvalue weighted by molar-refractivity contribution is -0.127. The van der Waals surface area contributed by atoms with Gasteiger partial charge in [0.2, 0.25) is 5.91 Å². The molecule has 0 spiro atoms. The minimum Gasteiger partial charge on any atom is -0.349 e. The van der Waals surface area contributed by atoms with E-state index in [9.17, 15) is 14.4 Å². The second-order valence-electron chi connectivity index (χ2n) is 7.98. The van der Waals surface area contributed by atoms with E-state index in [1.807, 2.05) is 42.5 Å². The predicted octanol–water partition coefficient (Wildman–Crippen LogP) is 3.12. The number of carbonyl (C=O) groups is 3. The van der Waals surface area contributed by atoms with Crippen LogP contribution >= 0.6 is 0 Å². The van der Waals surface area contributed by atoms with Crippen LogP contribution in [0.2, 0.25) is 0 Å². The van der Waals surface area contributed by atoms with Gasteiger partial charge < -0.3 is 10.6 Å². The molecule has 30 heavy (non-hydrogen) atoms. The summed E-state index contributed by atoms with van der Waals surface area (Å²) >= 11 is 0. The maximum absolute atomic E-state index is 12.6. The van der Waals surface area contributed by atoms with Crippen LogP contribution in [-0.2, 0) is 22.4 Å². The van der Waals surface area contributed by atoms with Crippen molar-refractivity contribution in [2.24, 2.45) is 0 Å². The Morgan fingerprint density at radius 1 is 1.07 bits per heavy atom. The number of carbonyl (C=O) groups excluding carboxylic acids is 3. The Balaban J connectivity index is 1.27. The van der Waals surface area contributed by atoms with E-state index in [1.165, 1.54) is 16.0 Å². The van der Waals surface area contributed by atoms with Crippen LogP contribution in [-0.4, -0.2) is 35.3 Å². The number of nitrogens with zero attached hydrogens (tertiary/aromatic N) is 1. The normalized spacial score (nSPS) is 20.6. The summed E-state index contributed by atoms with van der Waals surface area (Å²) in [5.74, 6) is -0.326. The number of nitrogens with one attached hydrogen (secondary N) is 2. The van der Waals surface area contributed by atoms with Crippen molar-refractivity contribution >= 4 is 17.8 Å².